The van der Waals surface area contributed by atoms with Gasteiger partial charge in [-0.3, -0.25) is 43.3 Å². The van der Waals surface area contributed by atoms with Gasteiger partial charge in [0.15, 0.2) is 11.7 Å². The fourth-order valence-corrected chi connectivity index (χ4v) is 6.97. The summed E-state index contributed by atoms with van der Waals surface area (Å²) in [5, 5.41) is 19.2. The topological polar surface area (TPSA) is 330 Å². The van der Waals surface area contributed by atoms with Gasteiger partial charge >= 0.3 is 0 Å². The first-order valence-corrected chi connectivity index (χ1v) is 20.3. The number of Topliss-reactive ketones (excluding diaryl/α,β-unsaturated/α-hetero) is 1. The zero-order valence-corrected chi connectivity index (χ0v) is 34.9. The molecule has 2 aromatic carbocycles. The monoisotopic (exact) mass is 867 g/mol. The molecule has 1 aliphatic heterocycles. The lowest BCUT2D eigenvalue weighted by Gasteiger charge is -2.28. The number of aromatic amines is 2. The quantitative estimate of drug-likeness (QED) is 0.0421. The van der Waals surface area contributed by atoms with Crippen LogP contribution in [0.3, 0.4) is 0 Å². The van der Waals surface area contributed by atoms with Gasteiger partial charge in [-0.25, -0.2) is 4.98 Å². The van der Waals surface area contributed by atoms with Crippen LogP contribution in [-0.2, 0) is 57.6 Å². The third kappa shape index (κ3) is 14.0. The minimum absolute atomic E-state index is 0.0209. The first kappa shape index (κ1) is 46.5. The molecular weight excluding hydrogens is 815 g/mol. The molecule has 21 heteroatoms. The Morgan fingerprint density at radius 3 is 2.03 bits per heavy atom. The Balaban J connectivity index is 1.56. The van der Waals surface area contributed by atoms with Crippen LogP contribution < -0.4 is 48.7 Å². The molecule has 0 unspecified atom stereocenters. The molecule has 63 heavy (non-hydrogen) atoms. The molecular formula is C42H53N13O8. The molecule has 7 amide bonds. The molecule has 21 nitrogen and oxygen atoms in total. The number of para-hydroxylation sites is 1. The summed E-state index contributed by atoms with van der Waals surface area (Å²) >= 11 is 0. The van der Waals surface area contributed by atoms with Crippen molar-refractivity contribution in [3.05, 3.63) is 90.1 Å². The van der Waals surface area contributed by atoms with Crippen molar-refractivity contribution in [3.63, 3.8) is 0 Å². The summed E-state index contributed by atoms with van der Waals surface area (Å²) in [5.41, 5.74) is 13.6. The van der Waals surface area contributed by atoms with E-state index in [1.165, 1.54) is 19.4 Å². The number of aromatic nitrogens is 3. The molecule has 5 rings (SSSR count). The standard InChI is InChI=1S/C42H53N13O8/c1-23(56)35-21-48-36(58)18-34(50-24(2)57)41(63)54-33(17-27-20-45-22-49-27)40(62)52-31(15-25-9-4-3-5-10-25)38(60)51-30(13-8-14-46-42(43)44)37(59)53-32(39(61)55-35)16-26-19-47-29-12-7-6-11-28(26)29/h3-7,9-12,19-20,22,30-35,47H,8,13-18,21H2,1-2H3,(H,45,49)(H,48,58)(H,50,57)(H,51,60)(H,52,62)(H,53,59)(H,54,63)(H,55,61)(H4,43,44,46)/t30-,31+,32-,33-,34-,35-/m0/s1. The summed E-state index contributed by atoms with van der Waals surface area (Å²) in [7, 11) is 0. The SMILES string of the molecule is CC(=O)N[C@H]1CC(=O)NC[C@@H](C(C)=O)NC(=O)[C@H](Cc2c[nH]c3ccccc23)NC(=O)[C@H](CCCN=C(N)N)NC(=O)[C@@H](Cc2ccccc2)NC(=O)[C@H](Cc2cnc[nH]2)NC1=O. The second kappa shape index (κ2) is 22.3. The molecule has 0 aliphatic carbocycles. The predicted molar refractivity (Wildman–Crippen MR) is 230 cm³/mol. The van der Waals surface area contributed by atoms with Crippen LogP contribution >= 0.6 is 0 Å². The van der Waals surface area contributed by atoms with E-state index in [0.29, 0.717) is 16.8 Å². The minimum Gasteiger partial charge on any atom is -0.370 e. The Hall–Kier alpha value is -7.58. The zero-order chi connectivity index (χ0) is 45.5. The maximum Gasteiger partial charge on any atom is 0.243 e. The number of nitrogens with zero attached hydrogens (tertiary/aromatic N) is 2. The lowest BCUT2D eigenvalue weighted by molar-refractivity contribution is -0.136. The van der Waals surface area contributed by atoms with Gasteiger partial charge < -0.3 is 58.7 Å². The summed E-state index contributed by atoms with van der Waals surface area (Å²) in [4.78, 5) is 124. The first-order chi connectivity index (χ1) is 30.2. The van der Waals surface area contributed by atoms with Crippen molar-refractivity contribution in [2.45, 2.75) is 88.6 Å². The van der Waals surface area contributed by atoms with E-state index in [9.17, 15) is 38.4 Å². The number of amides is 7. The van der Waals surface area contributed by atoms with Crippen molar-refractivity contribution in [3.8, 4) is 0 Å². The van der Waals surface area contributed by atoms with Crippen LogP contribution in [-0.4, -0.2) is 117 Å². The molecule has 0 radical (unpaired) electrons. The van der Waals surface area contributed by atoms with E-state index in [2.05, 4.69) is 57.2 Å². The van der Waals surface area contributed by atoms with Gasteiger partial charge in [0.2, 0.25) is 41.4 Å². The van der Waals surface area contributed by atoms with Gasteiger partial charge in [0.05, 0.1) is 12.7 Å². The Morgan fingerprint density at radius 2 is 1.37 bits per heavy atom. The summed E-state index contributed by atoms with van der Waals surface area (Å²) in [6, 6.07) is 7.93. The molecule has 6 atom stereocenters. The van der Waals surface area contributed by atoms with E-state index < -0.39 is 96.4 Å². The number of nitrogens with two attached hydrogens (primary N) is 2. The molecule has 0 bridgehead atoms. The van der Waals surface area contributed by atoms with Crippen LogP contribution in [0.1, 0.15) is 49.9 Å². The minimum atomic E-state index is -1.49. The van der Waals surface area contributed by atoms with Crippen molar-refractivity contribution >= 4 is 64.0 Å². The third-order valence-electron chi connectivity index (χ3n) is 10.2. The molecule has 4 aromatic rings. The Kier molecular flexibility index (Phi) is 16.5. The Bertz CT molecular complexity index is 2290. The summed E-state index contributed by atoms with van der Waals surface area (Å²) in [6.45, 7) is 2.02. The summed E-state index contributed by atoms with van der Waals surface area (Å²) in [6.07, 6.45) is 3.79. The highest BCUT2D eigenvalue weighted by molar-refractivity contribution is 5.98. The van der Waals surface area contributed by atoms with Crippen LogP contribution in [0.25, 0.3) is 10.9 Å². The molecule has 13 N–H and O–H groups in total. The van der Waals surface area contributed by atoms with Crippen LogP contribution in [0.5, 0.6) is 0 Å². The maximum absolute atomic E-state index is 14.4. The highest BCUT2D eigenvalue weighted by Gasteiger charge is 2.35. The number of hydrogen-bond acceptors (Lipinski definition) is 10. The summed E-state index contributed by atoms with van der Waals surface area (Å²) < 4.78 is 0. The van der Waals surface area contributed by atoms with E-state index >= 15 is 0 Å². The molecule has 1 aliphatic rings. The number of hydrogen-bond donors (Lipinski definition) is 11. The van der Waals surface area contributed by atoms with E-state index in [1.54, 1.807) is 36.5 Å². The smallest absolute Gasteiger partial charge is 0.243 e. The maximum atomic E-state index is 14.4. The van der Waals surface area contributed by atoms with Crippen LogP contribution in [0.15, 0.2) is 78.3 Å². The second-order valence-electron chi connectivity index (χ2n) is 15.2. The van der Waals surface area contributed by atoms with Gasteiger partial charge in [-0.05, 0) is 37.0 Å². The van der Waals surface area contributed by atoms with E-state index in [4.69, 9.17) is 11.5 Å². The number of ketones is 1. The van der Waals surface area contributed by atoms with Crippen molar-refractivity contribution < 1.29 is 38.4 Å². The molecule has 334 valence electrons. The lowest BCUT2D eigenvalue weighted by Crippen LogP contribution is -2.61. The molecule has 2 aromatic heterocycles. The van der Waals surface area contributed by atoms with Crippen molar-refractivity contribution in [1.29, 1.82) is 0 Å². The number of nitrogens with one attached hydrogen (secondary N) is 9. The fourth-order valence-electron chi connectivity index (χ4n) is 6.97. The van der Waals surface area contributed by atoms with Gasteiger partial charge in [-0.2, -0.15) is 0 Å². The lowest BCUT2D eigenvalue weighted by atomic mass is 10.0. The van der Waals surface area contributed by atoms with Gasteiger partial charge in [0, 0.05) is 68.3 Å². The van der Waals surface area contributed by atoms with Crippen LogP contribution in [0, 0.1) is 0 Å². The second-order valence-corrected chi connectivity index (χ2v) is 15.2. The number of H-pyrrole nitrogens is 2. The Morgan fingerprint density at radius 1 is 0.746 bits per heavy atom. The summed E-state index contributed by atoms with van der Waals surface area (Å²) in [5.74, 6) is -6.22. The normalized spacial score (nSPS) is 22.0. The number of benzene rings is 2. The van der Waals surface area contributed by atoms with Crippen LogP contribution in [0.4, 0.5) is 0 Å². The van der Waals surface area contributed by atoms with E-state index in [-0.39, 0.29) is 44.6 Å². The van der Waals surface area contributed by atoms with Gasteiger partial charge in [-0.1, -0.05) is 48.5 Å². The molecule has 1 fully saturated rings. The number of guanidine groups is 1. The fraction of sp³-hybridized carbons (Fsp3) is 0.381. The number of rotatable bonds is 12. The van der Waals surface area contributed by atoms with Gasteiger partial charge in [0.1, 0.15) is 36.3 Å². The average Bonchev–Trinajstić information content (AvgIpc) is 3.92. The van der Waals surface area contributed by atoms with Crippen molar-refractivity contribution in [2.24, 2.45) is 16.5 Å². The number of carbonyl (C=O) groups is 8. The molecule has 0 saturated carbocycles. The number of carbonyl (C=O) groups excluding carboxylic acids is 8. The zero-order valence-electron chi connectivity index (χ0n) is 34.9. The largest absolute Gasteiger partial charge is 0.370 e. The number of fused-ring (bicyclic) bond motifs is 1. The number of aliphatic imine (C=N–C) groups is 1. The van der Waals surface area contributed by atoms with E-state index in [1.807, 2.05) is 24.3 Å². The van der Waals surface area contributed by atoms with Crippen molar-refractivity contribution in [2.75, 3.05) is 13.1 Å². The van der Waals surface area contributed by atoms with E-state index in [0.717, 1.165) is 17.8 Å². The Labute approximate surface area is 362 Å². The van der Waals surface area contributed by atoms with Crippen LogP contribution in [0.2, 0.25) is 0 Å². The van der Waals surface area contributed by atoms with Crippen molar-refractivity contribution in [1.82, 2.24) is 52.2 Å². The number of imidazole rings is 1. The third-order valence-corrected chi connectivity index (χ3v) is 10.2. The first-order valence-electron chi connectivity index (χ1n) is 20.3. The molecule has 3 heterocycles. The molecule has 0 spiro atoms. The highest BCUT2D eigenvalue weighted by Crippen LogP contribution is 2.20. The average molecular weight is 868 g/mol. The highest BCUT2D eigenvalue weighted by atomic mass is 16.2. The molecule has 1 saturated heterocycles. The van der Waals surface area contributed by atoms with Gasteiger partial charge in [0.25, 0.3) is 0 Å². The van der Waals surface area contributed by atoms with Gasteiger partial charge in [-0.15, -0.1) is 0 Å². The predicted octanol–water partition coefficient (Wildman–Crippen LogP) is -1.99.